The van der Waals surface area contributed by atoms with E-state index >= 15 is 0 Å². The SMILES string of the molecule is Cc1csc([C@H](C)CNC(=O)NCc2cn3c(C)cccc3n2)n1. The van der Waals surface area contributed by atoms with Gasteiger partial charge in [-0.2, -0.15) is 0 Å². The summed E-state index contributed by atoms with van der Waals surface area (Å²) in [5, 5.41) is 8.81. The number of hydrogen-bond acceptors (Lipinski definition) is 4. The van der Waals surface area contributed by atoms with Crippen molar-refractivity contribution >= 4 is 23.0 Å². The van der Waals surface area contributed by atoms with Crippen LogP contribution in [0.5, 0.6) is 0 Å². The maximum Gasteiger partial charge on any atom is 0.315 e. The molecule has 7 heteroatoms. The van der Waals surface area contributed by atoms with E-state index in [1.165, 1.54) is 0 Å². The van der Waals surface area contributed by atoms with E-state index in [0.29, 0.717) is 13.1 Å². The third-order valence-electron chi connectivity index (χ3n) is 3.80. The number of imidazole rings is 1. The highest BCUT2D eigenvalue weighted by molar-refractivity contribution is 7.09. The van der Waals surface area contributed by atoms with Crippen molar-refractivity contribution in [3.63, 3.8) is 0 Å². The summed E-state index contributed by atoms with van der Waals surface area (Å²) in [6.45, 7) is 7.02. The first-order valence-corrected chi connectivity index (χ1v) is 8.78. The molecule has 1 atom stereocenters. The average molecular weight is 343 g/mol. The molecule has 3 aromatic rings. The van der Waals surface area contributed by atoms with E-state index in [1.807, 2.05) is 48.0 Å². The average Bonchev–Trinajstić information content (AvgIpc) is 3.17. The lowest BCUT2D eigenvalue weighted by Crippen LogP contribution is -2.37. The van der Waals surface area contributed by atoms with Crippen molar-refractivity contribution in [3.05, 3.63) is 51.9 Å². The van der Waals surface area contributed by atoms with Crippen LogP contribution in [0.1, 0.15) is 34.9 Å². The van der Waals surface area contributed by atoms with Gasteiger partial charge in [0.2, 0.25) is 0 Å². The molecule has 0 aliphatic heterocycles. The molecule has 6 nitrogen and oxygen atoms in total. The van der Waals surface area contributed by atoms with Crippen molar-refractivity contribution < 1.29 is 4.79 Å². The fourth-order valence-corrected chi connectivity index (χ4v) is 3.31. The van der Waals surface area contributed by atoms with Gasteiger partial charge in [0.15, 0.2) is 0 Å². The lowest BCUT2D eigenvalue weighted by atomic mass is 10.2. The molecule has 0 saturated carbocycles. The molecule has 0 radical (unpaired) electrons. The molecule has 0 aliphatic rings. The molecular formula is C17H21N5OS. The van der Waals surface area contributed by atoms with Gasteiger partial charge in [-0.3, -0.25) is 0 Å². The van der Waals surface area contributed by atoms with Crippen molar-refractivity contribution in [2.45, 2.75) is 33.2 Å². The van der Waals surface area contributed by atoms with Crippen LogP contribution < -0.4 is 10.6 Å². The Hall–Kier alpha value is -2.41. The molecule has 0 saturated heterocycles. The Balaban J connectivity index is 1.50. The summed E-state index contributed by atoms with van der Waals surface area (Å²) in [4.78, 5) is 20.9. The van der Waals surface area contributed by atoms with Gasteiger partial charge in [0.05, 0.1) is 17.2 Å². The van der Waals surface area contributed by atoms with Crippen molar-refractivity contribution in [3.8, 4) is 0 Å². The van der Waals surface area contributed by atoms with Gasteiger partial charge in [-0.15, -0.1) is 11.3 Å². The third kappa shape index (κ3) is 3.73. The Bertz CT molecular complexity index is 854. The van der Waals surface area contributed by atoms with Gasteiger partial charge in [0.25, 0.3) is 0 Å². The fourth-order valence-electron chi connectivity index (χ4n) is 2.45. The van der Waals surface area contributed by atoms with E-state index in [1.54, 1.807) is 11.3 Å². The maximum absolute atomic E-state index is 12.0. The molecule has 0 fully saturated rings. The normalized spacial score (nSPS) is 12.3. The Morgan fingerprint density at radius 3 is 2.83 bits per heavy atom. The topological polar surface area (TPSA) is 71.3 Å². The zero-order valence-electron chi connectivity index (χ0n) is 14.0. The van der Waals surface area contributed by atoms with Crippen LogP contribution in [0.2, 0.25) is 0 Å². The Labute approximate surface area is 145 Å². The van der Waals surface area contributed by atoms with Crippen LogP contribution in [0.4, 0.5) is 4.79 Å². The molecule has 3 rings (SSSR count). The highest BCUT2D eigenvalue weighted by Gasteiger charge is 2.11. The minimum Gasteiger partial charge on any atom is -0.337 e. The van der Waals surface area contributed by atoms with Crippen LogP contribution >= 0.6 is 11.3 Å². The first kappa shape index (κ1) is 16.4. The largest absolute Gasteiger partial charge is 0.337 e. The number of thiazole rings is 1. The number of nitrogens with zero attached hydrogens (tertiary/aromatic N) is 3. The van der Waals surface area contributed by atoms with Gasteiger partial charge in [-0.25, -0.2) is 14.8 Å². The first-order valence-electron chi connectivity index (χ1n) is 7.90. The number of nitrogens with one attached hydrogen (secondary N) is 2. The smallest absolute Gasteiger partial charge is 0.315 e. The van der Waals surface area contributed by atoms with Gasteiger partial charge in [-0.05, 0) is 26.0 Å². The van der Waals surface area contributed by atoms with Crippen LogP contribution in [0.25, 0.3) is 5.65 Å². The summed E-state index contributed by atoms with van der Waals surface area (Å²) >= 11 is 1.63. The summed E-state index contributed by atoms with van der Waals surface area (Å²) < 4.78 is 2.02. The zero-order valence-corrected chi connectivity index (χ0v) is 14.9. The van der Waals surface area contributed by atoms with Crippen molar-refractivity contribution in [2.24, 2.45) is 0 Å². The number of fused-ring (bicyclic) bond motifs is 1. The molecule has 0 aromatic carbocycles. The summed E-state index contributed by atoms with van der Waals surface area (Å²) in [6, 6.07) is 5.77. The summed E-state index contributed by atoms with van der Waals surface area (Å²) in [7, 11) is 0. The third-order valence-corrected chi connectivity index (χ3v) is 5.00. The highest BCUT2D eigenvalue weighted by Crippen LogP contribution is 2.18. The Morgan fingerprint density at radius 2 is 2.12 bits per heavy atom. The van der Waals surface area contributed by atoms with Crippen LogP contribution in [0, 0.1) is 13.8 Å². The molecule has 2 amide bonds. The van der Waals surface area contributed by atoms with Crippen molar-refractivity contribution in [1.82, 2.24) is 25.0 Å². The number of hydrogen-bond donors (Lipinski definition) is 2. The molecule has 3 heterocycles. The molecule has 0 aliphatic carbocycles. The number of rotatable bonds is 5. The second-order valence-electron chi connectivity index (χ2n) is 5.92. The van der Waals surface area contributed by atoms with E-state index in [4.69, 9.17) is 0 Å². The van der Waals surface area contributed by atoms with Gasteiger partial charge in [0.1, 0.15) is 5.65 Å². The monoisotopic (exact) mass is 343 g/mol. The number of urea groups is 1. The van der Waals surface area contributed by atoms with E-state index in [9.17, 15) is 4.79 Å². The molecule has 2 N–H and O–H groups in total. The predicted octanol–water partition coefficient (Wildman–Crippen LogP) is 3.01. The number of aromatic nitrogens is 3. The minimum atomic E-state index is -0.191. The second-order valence-corrected chi connectivity index (χ2v) is 6.81. The first-order chi connectivity index (χ1) is 11.5. The molecule has 126 valence electrons. The van der Waals surface area contributed by atoms with Gasteiger partial charge in [-0.1, -0.05) is 13.0 Å². The maximum atomic E-state index is 12.0. The van der Waals surface area contributed by atoms with E-state index in [2.05, 4.69) is 27.5 Å². The van der Waals surface area contributed by atoms with Crippen LogP contribution in [0.15, 0.2) is 29.8 Å². The van der Waals surface area contributed by atoms with Gasteiger partial charge in [0, 0.05) is 35.4 Å². The van der Waals surface area contributed by atoms with Crippen molar-refractivity contribution in [1.29, 1.82) is 0 Å². The van der Waals surface area contributed by atoms with Gasteiger partial charge < -0.3 is 15.0 Å². The second kappa shape index (κ2) is 7.00. The number of amides is 2. The molecule has 24 heavy (non-hydrogen) atoms. The lowest BCUT2D eigenvalue weighted by Gasteiger charge is -2.10. The van der Waals surface area contributed by atoms with Crippen molar-refractivity contribution in [2.75, 3.05) is 6.54 Å². The van der Waals surface area contributed by atoms with E-state index in [0.717, 1.165) is 27.7 Å². The predicted molar refractivity (Wildman–Crippen MR) is 95.4 cm³/mol. The zero-order chi connectivity index (χ0) is 17.1. The lowest BCUT2D eigenvalue weighted by molar-refractivity contribution is 0.240. The molecule has 0 spiro atoms. The number of carbonyl (C=O) groups is 1. The Morgan fingerprint density at radius 1 is 1.29 bits per heavy atom. The number of aryl methyl sites for hydroxylation is 2. The van der Waals surface area contributed by atoms with Crippen LogP contribution in [-0.4, -0.2) is 26.9 Å². The molecule has 0 unspecified atom stereocenters. The van der Waals surface area contributed by atoms with E-state index in [-0.39, 0.29) is 11.9 Å². The van der Waals surface area contributed by atoms with Gasteiger partial charge >= 0.3 is 6.03 Å². The molecular weight excluding hydrogens is 322 g/mol. The Kier molecular flexibility index (Phi) is 4.80. The quantitative estimate of drug-likeness (QED) is 0.748. The van der Waals surface area contributed by atoms with E-state index < -0.39 is 0 Å². The summed E-state index contributed by atoms with van der Waals surface area (Å²) in [5.41, 5.74) is 3.86. The highest BCUT2D eigenvalue weighted by atomic mass is 32.1. The summed E-state index contributed by atoms with van der Waals surface area (Å²) in [5.74, 6) is 0.201. The van der Waals surface area contributed by atoms with Crippen LogP contribution in [0.3, 0.4) is 0 Å². The number of carbonyl (C=O) groups excluding carboxylic acids is 1. The standard InChI is InChI=1S/C17H21N5OS/c1-11(16-20-12(2)10-24-16)7-18-17(23)19-8-14-9-22-13(3)5-4-6-15(22)21-14/h4-6,9-11H,7-8H2,1-3H3,(H2,18,19,23)/t11-/m1/s1. The molecule has 0 bridgehead atoms. The summed E-state index contributed by atoms with van der Waals surface area (Å²) in [6.07, 6.45) is 1.95. The number of pyridine rings is 1. The van der Waals surface area contributed by atoms with Crippen LogP contribution in [-0.2, 0) is 6.54 Å². The minimum absolute atomic E-state index is 0.191. The molecule has 3 aromatic heterocycles. The fraction of sp³-hybridized carbons (Fsp3) is 0.353.